The molecule has 0 aliphatic carbocycles. The molecule has 2 aromatic rings. The van der Waals surface area contributed by atoms with E-state index in [9.17, 15) is 4.79 Å². The monoisotopic (exact) mass is 287 g/mol. The number of carbonyl (C=O) groups is 1. The van der Waals surface area contributed by atoms with Gasteiger partial charge >= 0.3 is 0 Å². The van der Waals surface area contributed by atoms with Gasteiger partial charge in [-0.2, -0.15) is 0 Å². The van der Waals surface area contributed by atoms with Gasteiger partial charge in [0.15, 0.2) is 0 Å². The Morgan fingerprint density at radius 3 is 2.55 bits per heavy atom. The van der Waals surface area contributed by atoms with E-state index in [4.69, 9.17) is 5.11 Å². The third-order valence-electron chi connectivity index (χ3n) is 2.78. The summed E-state index contributed by atoms with van der Waals surface area (Å²) in [7, 11) is 0. The summed E-state index contributed by atoms with van der Waals surface area (Å²) in [5, 5.41) is 11.9. The van der Waals surface area contributed by atoms with Gasteiger partial charge in [0.1, 0.15) is 0 Å². The van der Waals surface area contributed by atoms with Gasteiger partial charge in [0.2, 0.25) is 5.91 Å². The van der Waals surface area contributed by atoms with Gasteiger partial charge in [-0.25, -0.2) is 0 Å². The third kappa shape index (κ3) is 4.72. The summed E-state index contributed by atoms with van der Waals surface area (Å²) in [6.45, 7) is 0.508. The van der Waals surface area contributed by atoms with Crippen molar-refractivity contribution in [3.05, 3.63) is 65.7 Å². The maximum absolute atomic E-state index is 11.8. The van der Waals surface area contributed by atoms with Gasteiger partial charge in [-0.15, -0.1) is 11.8 Å². The van der Waals surface area contributed by atoms with Crippen LogP contribution in [0.5, 0.6) is 0 Å². The molecule has 0 atom stereocenters. The molecule has 0 fully saturated rings. The van der Waals surface area contributed by atoms with Crippen molar-refractivity contribution in [2.24, 2.45) is 0 Å². The average molecular weight is 287 g/mol. The standard InChI is InChI=1S/C16H17NO2S/c18-11-14-6-4-5-13(9-14)10-17-16(19)12-20-15-7-2-1-3-8-15/h1-9,18H,10-12H2,(H,17,19). The summed E-state index contributed by atoms with van der Waals surface area (Å²) in [5.74, 6) is 0.414. The molecule has 0 unspecified atom stereocenters. The zero-order valence-electron chi connectivity index (χ0n) is 11.1. The first-order chi connectivity index (χ1) is 9.78. The van der Waals surface area contributed by atoms with Crippen LogP contribution < -0.4 is 5.32 Å². The number of aliphatic hydroxyl groups excluding tert-OH is 1. The van der Waals surface area contributed by atoms with E-state index in [1.165, 1.54) is 11.8 Å². The Labute approximate surface area is 123 Å². The molecule has 2 aromatic carbocycles. The second kappa shape index (κ2) is 7.72. The predicted molar refractivity (Wildman–Crippen MR) is 81.4 cm³/mol. The molecular formula is C16H17NO2S. The lowest BCUT2D eigenvalue weighted by atomic mass is 10.1. The summed E-state index contributed by atoms with van der Waals surface area (Å²) >= 11 is 1.52. The second-order valence-corrected chi connectivity index (χ2v) is 5.41. The van der Waals surface area contributed by atoms with E-state index >= 15 is 0 Å². The van der Waals surface area contributed by atoms with Crippen molar-refractivity contribution in [1.82, 2.24) is 5.32 Å². The Bertz CT molecular complexity index is 557. The minimum atomic E-state index is 0.00764. The van der Waals surface area contributed by atoms with E-state index in [0.29, 0.717) is 12.3 Å². The van der Waals surface area contributed by atoms with Crippen molar-refractivity contribution < 1.29 is 9.90 Å². The zero-order valence-corrected chi connectivity index (χ0v) is 11.9. The number of rotatable bonds is 6. The topological polar surface area (TPSA) is 49.3 Å². The number of thioether (sulfide) groups is 1. The molecule has 0 saturated carbocycles. The van der Waals surface area contributed by atoms with Crippen LogP contribution in [0.15, 0.2) is 59.5 Å². The molecule has 3 nitrogen and oxygen atoms in total. The van der Waals surface area contributed by atoms with Crippen molar-refractivity contribution >= 4 is 17.7 Å². The Morgan fingerprint density at radius 2 is 1.80 bits per heavy atom. The van der Waals surface area contributed by atoms with Gasteiger partial charge in [-0.05, 0) is 23.3 Å². The molecule has 0 radical (unpaired) electrons. The number of nitrogens with one attached hydrogen (secondary N) is 1. The maximum Gasteiger partial charge on any atom is 0.230 e. The predicted octanol–water partition coefficient (Wildman–Crippen LogP) is 2.59. The van der Waals surface area contributed by atoms with Crippen LogP contribution in [0.3, 0.4) is 0 Å². The van der Waals surface area contributed by atoms with E-state index in [1.54, 1.807) is 0 Å². The molecule has 2 N–H and O–H groups in total. The third-order valence-corrected chi connectivity index (χ3v) is 3.79. The van der Waals surface area contributed by atoms with Gasteiger partial charge in [0.05, 0.1) is 12.4 Å². The highest BCUT2D eigenvalue weighted by Gasteiger charge is 2.03. The number of hydrogen-bond donors (Lipinski definition) is 2. The minimum Gasteiger partial charge on any atom is -0.392 e. The van der Waals surface area contributed by atoms with Crippen LogP contribution in [-0.2, 0) is 17.9 Å². The molecule has 0 saturated heterocycles. The SMILES string of the molecule is O=C(CSc1ccccc1)NCc1cccc(CO)c1. The Morgan fingerprint density at radius 1 is 1.05 bits per heavy atom. The van der Waals surface area contributed by atoms with E-state index in [-0.39, 0.29) is 12.5 Å². The molecule has 2 rings (SSSR count). The number of aliphatic hydroxyl groups is 1. The molecule has 0 aromatic heterocycles. The molecule has 0 aliphatic heterocycles. The molecule has 20 heavy (non-hydrogen) atoms. The molecule has 0 aliphatic rings. The minimum absolute atomic E-state index is 0.00764. The van der Waals surface area contributed by atoms with Gasteiger partial charge in [0, 0.05) is 11.4 Å². The van der Waals surface area contributed by atoms with Gasteiger partial charge in [-0.1, -0.05) is 42.5 Å². The first kappa shape index (κ1) is 14.6. The average Bonchev–Trinajstić information content (AvgIpc) is 2.52. The van der Waals surface area contributed by atoms with Gasteiger partial charge < -0.3 is 10.4 Å². The molecule has 4 heteroatoms. The first-order valence-corrected chi connectivity index (χ1v) is 7.40. The lowest BCUT2D eigenvalue weighted by molar-refractivity contribution is -0.118. The highest BCUT2D eigenvalue weighted by molar-refractivity contribution is 8.00. The van der Waals surface area contributed by atoms with Crippen LogP contribution in [0.25, 0.3) is 0 Å². The summed E-state index contributed by atoms with van der Waals surface area (Å²) in [5.41, 5.74) is 1.85. The zero-order chi connectivity index (χ0) is 14.2. The van der Waals surface area contributed by atoms with Gasteiger partial charge in [0.25, 0.3) is 0 Å². The number of benzene rings is 2. The Balaban J connectivity index is 1.77. The van der Waals surface area contributed by atoms with Crippen molar-refractivity contribution in [3.63, 3.8) is 0 Å². The summed E-state index contributed by atoms with van der Waals surface area (Å²) in [6, 6.07) is 17.4. The summed E-state index contributed by atoms with van der Waals surface area (Å²) < 4.78 is 0. The summed E-state index contributed by atoms with van der Waals surface area (Å²) in [4.78, 5) is 12.9. The lowest BCUT2D eigenvalue weighted by Gasteiger charge is -2.06. The second-order valence-electron chi connectivity index (χ2n) is 4.36. The highest BCUT2D eigenvalue weighted by Crippen LogP contribution is 2.16. The molecule has 1 amide bonds. The summed E-state index contributed by atoms with van der Waals surface area (Å²) in [6.07, 6.45) is 0. The fourth-order valence-electron chi connectivity index (χ4n) is 1.76. The van der Waals surface area contributed by atoms with E-state index in [1.807, 2.05) is 54.6 Å². The van der Waals surface area contributed by atoms with Crippen LogP contribution in [0.2, 0.25) is 0 Å². The van der Waals surface area contributed by atoms with Crippen molar-refractivity contribution in [1.29, 1.82) is 0 Å². The van der Waals surface area contributed by atoms with Crippen LogP contribution in [0.4, 0.5) is 0 Å². The largest absolute Gasteiger partial charge is 0.392 e. The van der Waals surface area contributed by atoms with Crippen molar-refractivity contribution in [2.45, 2.75) is 18.0 Å². The highest BCUT2D eigenvalue weighted by atomic mass is 32.2. The van der Waals surface area contributed by atoms with Crippen molar-refractivity contribution in [3.8, 4) is 0 Å². The molecule has 104 valence electrons. The smallest absolute Gasteiger partial charge is 0.230 e. The van der Waals surface area contributed by atoms with E-state index < -0.39 is 0 Å². The van der Waals surface area contributed by atoms with Crippen LogP contribution >= 0.6 is 11.8 Å². The maximum atomic E-state index is 11.8. The number of hydrogen-bond acceptors (Lipinski definition) is 3. The number of carbonyl (C=O) groups excluding carboxylic acids is 1. The fraction of sp³-hybridized carbons (Fsp3) is 0.188. The Hall–Kier alpha value is -1.78. The first-order valence-electron chi connectivity index (χ1n) is 6.41. The van der Waals surface area contributed by atoms with E-state index in [0.717, 1.165) is 16.0 Å². The van der Waals surface area contributed by atoms with Crippen molar-refractivity contribution in [2.75, 3.05) is 5.75 Å². The molecular weight excluding hydrogens is 270 g/mol. The number of amides is 1. The molecule has 0 heterocycles. The van der Waals surface area contributed by atoms with Crippen LogP contribution in [0, 0.1) is 0 Å². The van der Waals surface area contributed by atoms with Crippen LogP contribution in [-0.4, -0.2) is 16.8 Å². The fourth-order valence-corrected chi connectivity index (χ4v) is 2.50. The quantitative estimate of drug-likeness (QED) is 0.803. The lowest BCUT2D eigenvalue weighted by Crippen LogP contribution is -2.24. The molecule has 0 spiro atoms. The normalized spacial score (nSPS) is 10.2. The van der Waals surface area contributed by atoms with E-state index in [2.05, 4.69) is 5.32 Å². The Kier molecular flexibility index (Phi) is 5.65. The van der Waals surface area contributed by atoms with Crippen LogP contribution in [0.1, 0.15) is 11.1 Å². The molecule has 0 bridgehead atoms. The van der Waals surface area contributed by atoms with Gasteiger partial charge in [-0.3, -0.25) is 4.79 Å².